The number of amides is 2. The number of nitrogens with zero attached hydrogens (tertiary/aromatic N) is 1. The zero-order valence-corrected chi connectivity index (χ0v) is 15.0. The summed E-state index contributed by atoms with van der Waals surface area (Å²) in [6, 6.07) is 7.07. The third-order valence-electron chi connectivity index (χ3n) is 4.67. The summed E-state index contributed by atoms with van der Waals surface area (Å²) in [5, 5.41) is 0. The lowest BCUT2D eigenvalue weighted by atomic mass is 9.86. The average Bonchev–Trinajstić information content (AvgIpc) is 2.61. The minimum Gasteiger partial charge on any atom is -0.497 e. The number of methoxy groups -OCH3 is 1. The summed E-state index contributed by atoms with van der Waals surface area (Å²) in [5.41, 5.74) is 4.98. The van der Waals surface area contributed by atoms with Crippen LogP contribution < -0.4 is 10.5 Å². The summed E-state index contributed by atoms with van der Waals surface area (Å²) in [4.78, 5) is 37.9. The van der Waals surface area contributed by atoms with Crippen LogP contribution in [0.2, 0.25) is 0 Å². The van der Waals surface area contributed by atoms with Crippen LogP contribution in [-0.4, -0.2) is 42.7 Å². The molecule has 0 bridgehead atoms. The third kappa shape index (κ3) is 4.59. The van der Waals surface area contributed by atoms with Crippen molar-refractivity contribution in [2.75, 3.05) is 20.2 Å². The molecule has 1 aromatic rings. The maximum atomic E-state index is 12.6. The van der Waals surface area contributed by atoms with Gasteiger partial charge >= 0.3 is 0 Å². The van der Waals surface area contributed by atoms with E-state index in [1.165, 1.54) is 6.42 Å². The lowest BCUT2D eigenvalue weighted by Gasteiger charge is -2.33. The SMILES string of the molecule is COc1ccc(C(=O)C2CCN(C(=O)[CH]C(C)(C)C(N)=O)CC2)cc1. The third-order valence-corrected chi connectivity index (χ3v) is 4.67. The molecule has 0 spiro atoms. The Bertz CT molecular complexity index is 644. The van der Waals surface area contributed by atoms with E-state index in [-0.39, 0.29) is 17.6 Å². The van der Waals surface area contributed by atoms with E-state index >= 15 is 0 Å². The van der Waals surface area contributed by atoms with Crippen molar-refractivity contribution in [1.29, 1.82) is 0 Å². The van der Waals surface area contributed by atoms with Crippen molar-refractivity contribution in [1.82, 2.24) is 4.90 Å². The van der Waals surface area contributed by atoms with Gasteiger partial charge in [-0.15, -0.1) is 0 Å². The molecule has 1 fully saturated rings. The number of piperidine rings is 1. The quantitative estimate of drug-likeness (QED) is 0.797. The maximum Gasteiger partial charge on any atom is 0.227 e. The van der Waals surface area contributed by atoms with Crippen molar-refractivity contribution in [3.05, 3.63) is 36.2 Å². The van der Waals surface area contributed by atoms with Crippen LogP contribution in [0.15, 0.2) is 24.3 Å². The number of carbonyl (C=O) groups excluding carboxylic acids is 3. The summed E-state index contributed by atoms with van der Waals surface area (Å²) < 4.78 is 5.10. The monoisotopic (exact) mass is 345 g/mol. The Labute approximate surface area is 148 Å². The number of nitrogens with two attached hydrogens (primary N) is 1. The summed E-state index contributed by atoms with van der Waals surface area (Å²) in [6.45, 7) is 4.23. The summed E-state index contributed by atoms with van der Waals surface area (Å²) in [7, 11) is 1.58. The fraction of sp³-hybridized carbons (Fsp3) is 0.474. The van der Waals surface area contributed by atoms with E-state index in [0.29, 0.717) is 37.2 Å². The number of ether oxygens (including phenoxy) is 1. The number of hydrogen-bond acceptors (Lipinski definition) is 4. The smallest absolute Gasteiger partial charge is 0.227 e. The van der Waals surface area contributed by atoms with Gasteiger partial charge in [-0.25, -0.2) is 0 Å². The van der Waals surface area contributed by atoms with Crippen LogP contribution in [0.3, 0.4) is 0 Å². The number of benzene rings is 1. The molecule has 1 heterocycles. The maximum absolute atomic E-state index is 12.6. The predicted molar refractivity (Wildman–Crippen MR) is 93.9 cm³/mol. The second kappa shape index (κ2) is 7.68. The van der Waals surface area contributed by atoms with Crippen molar-refractivity contribution in [3.63, 3.8) is 0 Å². The largest absolute Gasteiger partial charge is 0.497 e. The molecule has 2 rings (SSSR count). The minimum atomic E-state index is -0.979. The van der Waals surface area contributed by atoms with Gasteiger partial charge in [-0.05, 0) is 37.1 Å². The summed E-state index contributed by atoms with van der Waals surface area (Å²) in [5.74, 6) is -0.0353. The van der Waals surface area contributed by atoms with Crippen molar-refractivity contribution in [2.24, 2.45) is 17.1 Å². The van der Waals surface area contributed by atoms with Crippen molar-refractivity contribution in [2.45, 2.75) is 26.7 Å². The van der Waals surface area contributed by atoms with Crippen LogP contribution in [0.5, 0.6) is 5.75 Å². The van der Waals surface area contributed by atoms with E-state index in [2.05, 4.69) is 0 Å². The minimum absolute atomic E-state index is 0.0937. The van der Waals surface area contributed by atoms with Crippen molar-refractivity contribution >= 4 is 17.6 Å². The van der Waals surface area contributed by atoms with Crippen LogP contribution in [0.25, 0.3) is 0 Å². The lowest BCUT2D eigenvalue weighted by molar-refractivity contribution is -0.133. The van der Waals surface area contributed by atoms with E-state index in [9.17, 15) is 14.4 Å². The van der Waals surface area contributed by atoms with Gasteiger partial charge in [0.2, 0.25) is 11.8 Å². The second-order valence-electron chi connectivity index (χ2n) is 6.92. The molecule has 0 aromatic heterocycles. The van der Waals surface area contributed by atoms with Crippen LogP contribution in [0.4, 0.5) is 0 Å². The molecule has 0 atom stereocenters. The van der Waals surface area contributed by atoms with Crippen LogP contribution >= 0.6 is 0 Å². The van der Waals surface area contributed by atoms with Crippen LogP contribution in [-0.2, 0) is 9.59 Å². The van der Waals surface area contributed by atoms with Crippen molar-refractivity contribution in [3.8, 4) is 5.75 Å². The molecule has 25 heavy (non-hydrogen) atoms. The van der Waals surface area contributed by atoms with Gasteiger partial charge in [-0.3, -0.25) is 14.4 Å². The molecule has 6 heteroatoms. The number of likely N-dealkylation sites (tertiary alicyclic amines) is 1. The zero-order valence-electron chi connectivity index (χ0n) is 15.0. The lowest BCUT2D eigenvalue weighted by Crippen LogP contribution is -2.44. The molecule has 1 radical (unpaired) electrons. The number of primary amides is 1. The van der Waals surface area contributed by atoms with Gasteiger partial charge < -0.3 is 15.4 Å². The number of hydrogen-bond donors (Lipinski definition) is 1. The number of ketones is 1. The first-order chi connectivity index (χ1) is 11.7. The van der Waals surface area contributed by atoms with Gasteiger partial charge in [0, 0.05) is 24.6 Å². The number of rotatable bonds is 6. The first-order valence-electron chi connectivity index (χ1n) is 8.37. The molecular formula is C19H25N2O4. The topological polar surface area (TPSA) is 89.7 Å². The molecule has 0 aliphatic carbocycles. The highest BCUT2D eigenvalue weighted by atomic mass is 16.5. The number of Topliss-reactive ketones (excluding diaryl/α,β-unsaturated/α-hetero) is 1. The Kier molecular flexibility index (Phi) is 5.82. The van der Waals surface area contributed by atoms with Gasteiger partial charge in [0.25, 0.3) is 0 Å². The summed E-state index contributed by atoms with van der Waals surface area (Å²) in [6.07, 6.45) is 2.59. The molecule has 6 nitrogen and oxygen atoms in total. The second-order valence-corrected chi connectivity index (χ2v) is 6.92. The molecular weight excluding hydrogens is 320 g/mol. The van der Waals surface area contributed by atoms with Gasteiger partial charge in [-0.2, -0.15) is 0 Å². The molecule has 1 aromatic carbocycles. The Morgan fingerprint density at radius 1 is 1.16 bits per heavy atom. The van der Waals surface area contributed by atoms with E-state index in [0.717, 1.165) is 0 Å². The highest BCUT2D eigenvalue weighted by molar-refractivity contribution is 5.98. The highest BCUT2D eigenvalue weighted by Gasteiger charge is 2.33. The standard InChI is InChI=1S/C19H25N2O4/c1-19(2,18(20)24)12-16(22)21-10-8-14(9-11-21)17(23)13-4-6-15(25-3)7-5-13/h4-7,12,14H,8-11H2,1-3H3,(H2,20,24). The van der Waals surface area contributed by atoms with E-state index < -0.39 is 11.3 Å². The highest BCUT2D eigenvalue weighted by Crippen LogP contribution is 2.25. The van der Waals surface area contributed by atoms with E-state index in [1.807, 2.05) is 0 Å². The first kappa shape index (κ1) is 19.0. The molecule has 0 saturated carbocycles. The average molecular weight is 345 g/mol. The zero-order chi connectivity index (χ0) is 18.6. The number of carbonyl (C=O) groups is 3. The molecule has 1 aliphatic heterocycles. The fourth-order valence-electron chi connectivity index (χ4n) is 2.82. The Hall–Kier alpha value is -2.37. The van der Waals surface area contributed by atoms with Gasteiger partial charge in [0.15, 0.2) is 5.78 Å². The van der Waals surface area contributed by atoms with E-state index in [1.54, 1.807) is 50.1 Å². The van der Waals surface area contributed by atoms with Crippen LogP contribution in [0, 0.1) is 17.8 Å². The van der Waals surface area contributed by atoms with Crippen molar-refractivity contribution < 1.29 is 19.1 Å². The van der Waals surface area contributed by atoms with Gasteiger partial charge in [0.05, 0.1) is 18.9 Å². The Morgan fingerprint density at radius 2 is 1.72 bits per heavy atom. The molecule has 0 unspecified atom stereocenters. The van der Waals surface area contributed by atoms with Gasteiger partial charge in [0.1, 0.15) is 5.75 Å². The predicted octanol–water partition coefficient (Wildman–Crippen LogP) is 1.83. The molecule has 2 amide bonds. The van der Waals surface area contributed by atoms with Gasteiger partial charge in [-0.1, -0.05) is 13.8 Å². The first-order valence-corrected chi connectivity index (χ1v) is 8.37. The molecule has 1 saturated heterocycles. The Morgan fingerprint density at radius 3 is 2.20 bits per heavy atom. The normalized spacial score (nSPS) is 15.7. The fourth-order valence-corrected chi connectivity index (χ4v) is 2.82. The molecule has 2 N–H and O–H groups in total. The molecule has 135 valence electrons. The van der Waals surface area contributed by atoms with E-state index in [4.69, 9.17) is 10.5 Å². The summed E-state index contributed by atoms with van der Waals surface area (Å²) >= 11 is 0. The van der Waals surface area contributed by atoms with Crippen LogP contribution in [0.1, 0.15) is 37.0 Å². The molecule has 1 aliphatic rings. The Balaban J connectivity index is 1.91.